The minimum absolute atomic E-state index is 0.0510. The topological polar surface area (TPSA) is 59.8 Å². The molecule has 0 unspecified atom stereocenters. The molecule has 0 radical (unpaired) electrons. The SMILES string of the molecule is Cc1c(OCC(=O)c2ccc(N3CCCC3)cc2)ccc2c3c(c(=O)oc12)CCCC3. The molecule has 0 spiro atoms. The summed E-state index contributed by atoms with van der Waals surface area (Å²) < 4.78 is 11.5. The van der Waals surface area contributed by atoms with Crippen LogP contribution in [0.4, 0.5) is 5.69 Å². The molecule has 0 bridgehead atoms. The highest BCUT2D eigenvalue weighted by atomic mass is 16.5. The van der Waals surface area contributed by atoms with Gasteiger partial charge < -0.3 is 14.1 Å². The van der Waals surface area contributed by atoms with Crippen LogP contribution in [0.1, 0.15) is 52.7 Å². The van der Waals surface area contributed by atoms with Crippen molar-refractivity contribution in [3.8, 4) is 5.75 Å². The van der Waals surface area contributed by atoms with Gasteiger partial charge in [-0.05, 0) is 87.4 Å². The minimum Gasteiger partial charge on any atom is -0.485 e. The second-order valence-electron chi connectivity index (χ2n) is 8.57. The average molecular weight is 418 g/mol. The minimum atomic E-state index is -0.239. The number of nitrogens with zero attached hydrogens (tertiary/aromatic N) is 1. The highest BCUT2D eigenvalue weighted by Gasteiger charge is 2.20. The third kappa shape index (κ3) is 3.73. The Balaban J connectivity index is 1.34. The Morgan fingerprint density at radius 2 is 1.68 bits per heavy atom. The highest BCUT2D eigenvalue weighted by Crippen LogP contribution is 2.32. The van der Waals surface area contributed by atoms with E-state index >= 15 is 0 Å². The van der Waals surface area contributed by atoms with Gasteiger partial charge in [0.25, 0.3) is 0 Å². The van der Waals surface area contributed by atoms with E-state index in [0.717, 1.165) is 60.8 Å². The Morgan fingerprint density at radius 1 is 0.968 bits per heavy atom. The smallest absolute Gasteiger partial charge is 0.339 e. The number of Topliss-reactive ketones (excluding diaryl/α,β-unsaturated/α-hetero) is 1. The summed E-state index contributed by atoms with van der Waals surface area (Å²) in [5.41, 5.74) is 4.84. The number of hydrogen-bond acceptors (Lipinski definition) is 5. The van der Waals surface area contributed by atoms with E-state index < -0.39 is 0 Å². The average Bonchev–Trinajstić information content (AvgIpc) is 3.34. The third-order valence-corrected chi connectivity index (χ3v) is 6.61. The van der Waals surface area contributed by atoms with Gasteiger partial charge in [0.1, 0.15) is 11.3 Å². The van der Waals surface area contributed by atoms with Crippen LogP contribution >= 0.6 is 0 Å². The number of hydrogen-bond donors (Lipinski definition) is 0. The predicted octanol–water partition coefficient (Wildman–Crippen LogP) is 4.84. The van der Waals surface area contributed by atoms with E-state index in [1.807, 2.05) is 43.3 Å². The quantitative estimate of drug-likeness (QED) is 0.439. The number of ketones is 1. The van der Waals surface area contributed by atoms with Crippen molar-refractivity contribution in [1.82, 2.24) is 0 Å². The number of carbonyl (C=O) groups is 1. The van der Waals surface area contributed by atoms with E-state index in [1.165, 1.54) is 18.5 Å². The Labute approximate surface area is 181 Å². The molecule has 5 heteroatoms. The van der Waals surface area contributed by atoms with Gasteiger partial charge >= 0.3 is 5.63 Å². The first-order valence-corrected chi connectivity index (χ1v) is 11.2. The van der Waals surface area contributed by atoms with E-state index in [9.17, 15) is 9.59 Å². The van der Waals surface area contributed by atoms with Crippen LogP contribution < -0.4 is 15.3 Å². The van der Waals surface area contributed by atoms with Gasteiger partial charge in [0.05, 0.1) is 0 Å². The second kappa shape index (κ2) is 8.22. The van der Waals surface area contributed by atoms with Gasteiger partial charge in [-0.3, -0.25) is 4.79 Å². The largest absolute Gasteiger partial charge is 0.485 e. The second-order valence-corrected chi connectivity index (χ2v) is 8.57. The van der Waals surface area contributed by atoms with Gasteiger partial charge in [-0.2, -0.15) is 0 Å². The highest BCUT2D eigenvalue weighted by molar-refractivity contribution is 5.97. The molecule has 1 saturated heterocycles. The Morgan fingerprint density at radius 3 is 2.42 bits per heavy atom. The van der Waals surface area contributed by atoms with Crippen molar-refractivity contribution in [3.05, 3.63) is 69.1 Å². The molecule has 1 aromatic heterocycles. The summed E-state index contributed by atoms with van der Waals surface area (Å²) in [7, 11) is 0. The fourth-order valence-corrected chi connectivity index (χ4v) is 4.84. The normalized spacial score (nSPS) is 15.8. The molecule has 160 valence electrons. The molecule has 0 amide bonds. The van der Waals surface area contributed by atoms with Crippen LogP contribution in [0.15, 0.2) is 45.6 Å². The molecule has 0 saturated carbocycles. The molecule has 2 heterocycles. The van der Waals surface area contributed by atoms with Crippen molar-refractivity contribution < 1.29 is 13.9 Å². The zero-order valence-electron chi connectivity index (χ0n) is 17.9. The predicted molar refractivity (Wildman–Crippen MR) is 122 cm³/mol. The van der Waals surface area contributed by atoms with Gasteiger partial charge in [0, 0.05) is 40.9 Å². The van der Waals surface area contributed by atoms with Crippen molar-refractivity contribution in [2.24, 2.45) is 0 Å². The summed E-state index contributed by atoms with van der Waals surface area (Å²) in [6, 6.07) is 11.6. The van der Waals surface area contributed by atoms with Gasteiger partial charge in [-0.1, -0.05) is 0 Å². The number of ether oxygens (including phenoxy) is 1. The van der Waals surface area contributed by atoms with Crippen LogP contribution in [0, 0.1) is 6.92 Å². The first kappa shape index (κ1) is 19.9. The number of fused-ring (bicyclic) bond motifs is 3. The summed E-state index contributed by atoms with van der Waals surface area (Å²) in [4.78, 5) is 27.5. The molecule has 0 atom stereocenters. The van der Waals surface area contributed by atoms with Gasteiger partial charge in [0.2, 0.25) is 0 Å². The molecule has 0 N–H and O–H groups in total. The Bertz CT molecular complexity index is 1190. The molecule has 3 aromatic rings. The maximum Gasteiger partial charge on any atom is 0.339 e. The molecular weight excluding hydrogens is 390 g/mol. The lowest BCUT2D eigenvalue weighted by atomic mass is 9.90. The van der Waals surface area contributed by atoms with Crippen molar-refractivity contribution in [2.45, 2.75) is 45.4 Å². The lowest BCUT2D eigenvalue weighted by molar-refractivity contribution is 0.0921. The molecule has 1 aliphatic heterocycles. The summed E-state index contributed by atoms with van der Waals surface area (Å²) in [5, 5.41) is 0.989. The van der Waals surface area contributed by atoms with Crippen LogP contribution in [0.25, 0.3) is 11.0 Å². The van der Waals surface area contributed by atoms with E-state index in [0.29, 0.717) is 16.9 Å². The zero-order chi connectivity index (χ0) is 21.4. The number of carbonyl (C=O) groups excluding carboxylic acids is 1. The summed E-state index contributed by atoms with van der Waals surface area (Å²) in [6.07, 6.45) is 6.27. The summed E-state index contributed by atoms with van der Waals surface area (Å²) in [5.74, 6) is 0.507. The Hall–Kier alpha value is -3.08. The van der Waals surface area contributed by atoms with E-state index in [4.69, 9.17) is 9.15 Å². The first-order chi connectivity index (χ1) is 15.1. The zero-order valence-corrected chi connectivity index (χ0v) is 17.9. The molecule has 5 rings (SSSR count). The maximum atomic E-state index is 12.7. The van der Waals surface area contributed by atoms with Crippen molar-refractivity contribution in [1.29, 1.82) is 0 Å². The molecular formula is C26H27NO4. The molecule has 31 heavy (non-hydrogen) atoms. The Kier molecular flexibility index (Phi) is 5.26. The van der Waals surface area contributed by atoms with Crippen LogP contribution in [0.2, 0.25) is 0 Å². The van der Waals surface area contributed by atoms with Crippen LogP contribution in [-0.2, 0) is 12.8 Å². The molecule has 1 aliphatic carbocycles. The standard InChI is InChI=1S/C26H27NO4/c1-17-24(13-12-21-20-6-2-3-7-22(20)26(29)31-25(17)21)30-16-23(28)18-8-10-19(11-9-18)27-14-4-5-15-27/h8-13H,2-7,14-16H2,1H3. The summed E-state index contributed by atoms with van der Waals surface area (Å²) in [6.45, 7) is 3.99. The summed E-state index contributed by atoms with van der Waals surface area (Å²) >= 11 is 0. The van der Waals surface area contributed by atoms with Crippen LogP contribution in [-0.4, -0.2) is 25.5 Å². The van der Waals surface area contributed by atoms with Gasteiger partial charge in [0.15, 0.2) is 12.4 Å². The fraction of sp³-hybridized carbons (Fsp3) is 0.385. The van der Waals surface area contributed by atoms with E-state index in [2.05, 4.69) is 4.90 Å². The first-order valence-electron chi connectivity index (χ1n) is 11.2. The van der Waals surface area contributed by atoms with E-state index in [-0.39, 0.29) is 18.0 Å². The van der Waals surface area contributed by atoms with Gasteiger partial charge in [-0.25, -0.2) is 4.79 Å². The molecule has 2 aliphatic rings. The molecule has 5 nitrogen and oxygen atoms in total. The van der Waals surface area contributed by atoms with Crippen molar-refractivity contribution in [3.63, 3.8) is 0 Å². The monoisotopic (exact) mass is 417 g/mol. The lowest BCUT2D eigenvalue weighted by Crippen LogP contribution is -2.18. The number of anilines is 1. The van der Waals surface area contributed by atoms with E-state index in [1.54, 1.807) is 0 Å². The van der Waals surface area contributed by atoms with Crippen molar-refractivity contribution >= 4 is 22.4 Å². The number of aryl methyl sites for hydroxylation is 2. The number of benzene rings is 2. The third-order valence-electron chi connectivity index (χ3n) is 6.61. The van der Waals surface area contributed by atoms with Crippen molar-refractivity contribution in [2.75, 3.05) is 24.6 Å². The molecule has 2 aromatic carbocycles. The van der Waals surface area contributed by atoms with Crippen LogP contribution in [0.5, 0.6) is 5.75 Å². The fourth-order valence-electron chi connectivity index (χ4n) is 4.84. The van der Waals surface area contributed by atoms with Gasteiger partial charge in [-0.15, -0.1) is 0 Å². The maximum absolute atomic E-state index is 12.7. The lowest BCUT2D eigenvalue weighted by Gasteiger charge is -2.18. The number of rotatable bonds is 5. The van der Waals surface area contributed by atoms with Crippen LogP contribution in [0.3, 0.4) is 0 Å². The molecule has 1 fully saturated rings.